The van der Waals surface area contributed by atoms with Gasteiger partial charge in [0.05, 0.1) is 5.69 Å². The Morgan fingerprint density at radius 2 is 1.08 bits per heavy atom. The van der Waals surface area contributed by atoms with E-state index in [2.05, 4.69) is 44.8 Å². The summed E-state index contributed by atoms with van der Waals surface area (Å²) >= 11 is 0. The number of fused-ring (bicyclic) bond motifs is 2. The molecule has 5 aromatic heterocycles. The molecule has 0 unspecified atom stereocenters. The number of benzene rings is 1. The van der Waals surface area contributed by atoms with Gasteiger partial charge in [0.25, 0.3) is 0 Å². The number of hydrogen-bond donors (Lipinski definition) is 0. The highest BCUT2D eigenvalue weighted by molar-refractivity contribution is 5.65. The molecular weight excluding hydrogens is 724 g/mol. The fourth-order valence-electron chi connectivity index (χ4n) is 4.08. The number of nitrogens with zero attached hydrogens (tertiary/aromatic N) is 8. The number of hydrogen-bond acceptors (Lipinski definition) is 9. The van der Waals surface area contributed by atoms with Gasteiger partial charge in [0.2, 0.25) is 11.7 Å². The third kappa shape index (κ3) is 9.85. The molecule has 6 aromatic rings. The number of pyridine rings is 2. The minimum absolute atomic E-state index is 0.0193. The molecule has 0 saturated heterocycles. The molecule has 11 nitrogen and oxygen atoms in total. The van der Waals surface area contributed by atoms with Crippen molar-refractivity contribution in [1.82, 2.24) is 39.4 Å². The zero-order valence-corrected chi connectivity index (χ0v) is 24.7. The van der Waals surface area contributed by atoms with Crippen molar-refractivity contribution in [2.24, 2.45) is 0 Å². The Kier molecular flexibility index (Phi) is 9.83. The van der Waals surface area contributed by atoms with Crippen molar-refractivity contribution in [3.05, 3.63) is 78.9 Å². The first-order valence-corrected chi connectivity index (χ1v) is 13.6. The van der Waals surface area contributed by atoms with Crippen LogP contribution in [0.3, 0.4) is 0 Å². The van der Waals surface area contributed by atoms with Crippen molar-refractivity contribution in [2.45, 2.75) is 24.9 Å². The van der Waals surface area contributed by atoms with Crippen LogP contribution in [-0.2, 0) is 6.18 Å². The molecule has 5 heterocycles. The maximum absolute atomic E-state index is 12.9. The summed E-state index contributed by atoms with van der Waals surface area (Å²) < 4.78 is 163. The van der Waals surface area contributed by atoms with Crippen molar-refractivity contribution in [3.8, 4) is 40.0 Å². The third-order valence-electron chi connectivity index (χ3n) is 6.13. The summed E-state index contributed by atoms with van der Waals surface area (Å²) in [5, 5.41) is 20.8. The van der Waals surface area contributed by atoms with Crippen LogP contribution < -0.4 is 14.2 Å². The van der Waals surface area contributed by atoms with E-state index in [1.54, 1.807) is 6.07 Å². The van der Waals surface area contributed by atoms with E-state index in [0.29, 0.717) is 11.1 Å². The molecule has 0 bridgehead atoms. The van der Waals surface area contributed by atoms with Gasteiger partial charge in [-0.15, -0.1) is 38.7 Å². The lowest BCUT2D eigenvalue weighted by molar-refractivity contribution is -0.274. The molecule has 0 aliphatic rings. The van der Waals surface area contributed by atoms with E-state index in [0.717, 1.165) is 28.8 Å². The molecule has 0 spiro atoms. The Morgan fingerprint density at radius 3 is 1.67 bits per heavy atom. The smallest absolute Gasteiger partial charge is 0.467 e. The third-order valence-corrected chi connectivity index (χ3v) is 6.13. The normalized spacial score (nSPS) is 12.5. The molecule has 270 valence electrons. The average molecular weight is 740 g/mol. The van der Waals surface area contributed by atoms with Crippen molar-refractivity contribution in [1.29, 1.82) is 0 Å². The van der Waals surface area contributed by atoms with Crippen molar-refractivity contribution in [2.75, 3.05) is 13.2 Å². The molecule has 0 N–H and O–H groups in total. The van der Waals surface area contributed by atoms with Crippen LogP contribution in [0.25, 0.3) is 33.7 Å². The SMILES string of the molecule is FC(F)(F)COc1ccc(-c2ccc3nnc(C(F)(F)F)n3c2)nn1.FC(F)(F)COc1nnc2ccc(-c3ccc(OC(F)(F)F)cc3)cn12. The summed E-state index contributed by atoms with van der Waals surface area (Å²) in [4.78, 5) is 0. The van der Waals surface area contributed by atoms with Gasteiger partial charge < -0.3 is 14.2 Å². The highest BCUT2D eigenvalue weighted by Gasteiger charge is 2.37. The Labute approximate surface area is 275 Å². The van der Waals surface area contributed by atoms with Gasteiger partial charge in [-0.3, -0.25) is 8.80 Å². The van der Waals surface area contributed by atoms with Crippen molar-refractivity contribution < 1.29 is 66.9 Å². The fraction of sp³-hybridized carbons (Fsp3) is 0.214. The van der Waals surface area contributed by atoms with Gasteiger partial charge in [0.15, 0.2) is 24.5 Å². The predicted octanol–water partition coefficient (Wildman–Crippen LogP) is 7.38. The van der Waals surface area contributed by atoms with E-state index in [1.165, 1.54) is 47.0 Å². The molecule has 6 rings (SSSR count). The van der Waals surface area contributed by atoms with Gasteiger partial charge in [0, 0.05) is 24.0 Å². The number of rotatable bonds is 7. The van der Waals surface area contributed by atoms with E-state index in [1.807, 2.05) is 0 Å². The summed E-state index contributed by atoms with van der Waals surface area (Å²) in [5.41, 5.74) is 1.64. The minimum atomic E-state index is -4.80. The Balaban J connectivity index is 0.000000198. The van der Waals surface area contributed by atoms with Crippen LogP contribution in [0.1, 0.15) is 5.82 Å². The van der Waals surface area contributed by atoms with Crippen LogP contribution in [0.15, 0.2) is 73.1 Å². The Hall–Kier alpha value is -5.90. The molecular formula is C28H16F12N8O3. The highest BCUT2D eigenvalue weighted by Crippen LogP contribution is 2.30. The van der Waals surface area contributed by atoms with Crippen LogP contribution in [0.5, 0.6) is 17.6 Å². The lowest BCUT2D eigenvalue weighted by atomic mass is 10.1. The van der Waals surface area contributed by atoms with Gasteiger partial charge in [-0.05, 0) is 53.6 Å². The molecule has 0 amide bonds. The zero-order chi connectivity index (χ0) is 37.2. The van der Waals surface area contributed by atoms with Gasteiger partial charge >= 0.3 is 30.9 Å². The predicted molar refractivity (Wildman–Crippen MR) is 147 cm³/mol. The Bertz CT molecular complexity index is 2090. The molecule has 0 radical (unpaired) electrons. The molecule has 0 aliphatic carbocycles. The van der Waals surface area contributed by atoms with E-state index >= 15 is 0 Å². The zero-order valence-electron chi connectivity index (χ0n) is 24.7. The largest absolute Gasteiger partial charge is 0.573 e. The van der Waals surface area contributed by atoms with Gasteiger partial charge in [-0.2, -0.15) is 39.5 Å². The molecule has 1 aromatic carbocycles. The van der Waals surface area contributed by atoms with Crippen molar-refractivity contribution in [3.63, 3.8) is 0 Å². The van der Waals surface area contributed by atoms with E-state index in [4.69, 9.17) is 0 Å². The van der Waals surface area contributed by atoms with E-state index < -0.39 is 43.9 Å². The summed E-state index contributed by atoms with van der Waals surface area (Å²) in [6.07, 6.45) is -16.0. The second-order valence-corrected chi connectivity index (χ2v) is 9.93. The quantitative estimate of drug-likeness (QED) is 0.155. The van der Waals surface area contributed by atoms with Gasteiger partial charge in [0.1, 0.15) is 5.75 Å². The second-order valence-electron chi connectivity index (χ2n) is 9.93. The fourth-order valence-corrected chi connectivity index (χ4v) is 4.08. The topological polar surface area (TPSA) is 114 Å². The lowest BCUT2D eigenvalue weighted by Gasteiger charge is -2.10. The maximum atomic E-state index is 12.9. The summed E-state index contributed by atoms with van der Waals surface area (Å²) in [5.74, 6) is -1.95. The number of halogens is 12. The standard InChI is InChI=1S/C15H9F6N3O2.C13H7F6N5O/c16-14(17,18)8-25-13-23-22-12-6-3-10(7-24(12)13)9-1-4-11(5-2-9)26-15(19,20)21;14-12(15,16)6-25-10-4-2-8(20-22-10)7-1-3-9-21-23-11(13(17,18)19)24(9)5-7/h1-7H,8H2;1-5H,6H2. The van der Waals surface area contributed by atoms with Crippen LogP contribution in [0.4, 0.5) is 52.7 Å². The lowest BCUT2D eigenvalue weighted by Crippen LogP contribution is -2.20. The number of aromatic nitrogens is 8. The van der Waals surface area contributed by atoms with Crippen LogP contribution >= 0.6 is 0 Å². The minimum Gasteiger partial charge on any atom is -0.467 e. The summed E-state index contributed by atoms with van der Waals surface area (Å²) in [6.45, 7) is -3.05. The van der Waals surface area contributed by atoms with Gasteiger partial charge in [-0.25, -0.2) is 0 Å². The van der Waals surface area contributed by atoms with Crippen LogP contribution in [-0.4, -0.2) is 71.3 Å². The number of alkyl halides is 12. The molecule has 51 heavy (non-hydrogen) atoms. The monoisotopic (exact) mass is 740 g/mol. The first-order valence-electron chi connectivity index (χ1n) is 13.6. The van der Waals surface area contributed by atoms with Crippen molar-refractivity contribution >= 4 is 11.3 Å². The van der Waals surface area contributed by atoms with E-state index in [-0.39, 0.29) is 40.2 Å². The van der Waals surface area contributed by atoms with Gasteiger partial charge in [-0.1, -0.05) is 17.2 Å². The Morgan fingerprint density at radius 1 is 0.510 bits per heavy atom. The first-order chi connectivity index (χ1) is 23.7. The molecule has 0 fully saturated rings. The van der Waals surface area contributed by atoms with Crippen LogP contribution in [0.2, 0.25) is 0 Å². The molecule has 0 atom stereocenters. The second kappa shape index (κ2) is 13.8. The highest BCUT2D eigenvalue weighted by atomic mass is 19.4. The molecule has 0 aliphatic heterocycles. The maximum Gasteiger partial charge on any atom is 0.573 e. The summed E-state index contributed by atoms with van der Waals surface area (Å²) in [6, 6.07) is 12.9. The summed E-state index contributed by atoms with van der Waals surface area (Å²) in [7, 11) is 0. The van der Waals surface area contributed by atoms with E-state index in [9.17, 15) is 52.7 Å². The first kappa shape index (κ1) is 36.4. The number of ether oxygens (including phenoxy) is 3. The van der Waals surface area contributed by atoms with Crippen LogP contribution in [0, 0.1) is 0 Å². The molecule has 0 saturated carbocycles. The average Bonchev–Trinajstić information content (AvgIpc) is 3.66. The molecule has 23 heteroatoms.